The van der Waals surface area contributed by atoms with E-state index >= 15 is 0 Å². The van der Waals surface area contributed by atoms with Gasteiger partial charge in [-0.25, -0.2) is 4.79 Å². The lowest BCUT2D eigenvalue weighted by Gasteiger charge is -2.18. The molecule has 3 nitrogen and oxygen atoms in total. The van der Waals surface area contributed by atoms with Gasteiger partial charge < -0.3 is 10.4 Å². The van der Waals surface area contributed by atoms with Gasteiger partial charge in [0.25, 0.3) is 0 Å². The highest BCUT2D eigenvalue weighted by Crippen LogP contribution is 2.29. The molecule has 0 aliphatic rings. The summed E-state index contributed by atoms with van der Waals surface area (Å²) in [5, 5.41) is 12.9. The first-order chi connectivity index (χ1) is 10.1. The Morgan fingerprint density at radius 3 is 2.67 bits per heavy atom. The van der Waals surface area contributed by atoms with Crippen molar-refractivity contribution < 1.29 is 9.90 Å². The summed E-state index contributed by atoms with van der Waals surface area (Å²) in [6.07, 6.45) is 6.02. The maximum Gasteiger partial charge on any atom is 0.338 e. The van der Waals surface area contributed by atoms with Gasteiger partial charge in [0.2, 0.25) is 0 Å². The zero-order valence-electron chi connectivity index (χ0n) is 13.3. The van der Waals surface area contributed by atoms with Gasteiger partial charge in [0, 0.05) is 10.9 Å². The molecule has 1 unspecified atom stereocenters. The van der Waals surface area contributed by atoms with Gasteiger partial charge >= 0.3 is 5.97 Å². The molecule has 0 heterocycles. The normalized spacial score (nSPS) is 12.1. The first kappa shape index (κ1) is 17.9. The van der Waals surface area contributed by atoms with Gasteiger partial charge in [0.15, 0.2) is 0 Å². The van der Waals surface area contributed by atoms with Crippen molar-refractivity contribution in [3.05, 3.63) is 23.8 Å². The Kier molecular flexibility index (Phi) is 8.28. The summed E-state index contributed by atoms with van der Waals surface area (Å²) in [6, 6.07) is 5.97. The lowest BCUT2D eigenvalue weighted by molar-refractivity contribution is 0.0694. The van der Waals surface area contributed by atoms with Gasteiger partial charge in [-0.05, 0) is 31.2 Å². The van der Waals surface area contributed by atoms with Gasteiger partial charge in [-0.3, -0.25) is 0 Å². The molecule has 2 N–H and O–H groups in total. The molecule has 0 aromatic heterocycles. The SMILES string of the molecule is CCCCCCC(C)Nc1cccc(SCC)c1C(=O)O. The first-order valence-corrected chi connectivity index (χ1v) is 8.84. The van der Waals surface area contributed by atoms with Crippen LogP contribution in [-0.2, 0) is 0 Å². The fourth-order valence-electron chi connectivity index (χ4n) is 2.36. The molecule has 0 aliphatic heterocycles. The van der Waals surface area contributed by atoms with E-state index < -0.39 is 5.97 Å². The van der Waals surface area contributed by atoms with E-state index in [-0.39, 0.29) is 0 Å². The number of hydrogen-bond acceptors (Lipinski definition) is 3. The monoisotopic (exact) mass is 309 g/mol. The Balaban J connectivity index is 2.73. The number of thioether (sulfide) groups is 1. The van der Waals surface area contributed by atoms with Crippen molar-refractivity contribution in [3.63, 3.8) is 0 Å². The van der Waals surface area contributed by atoms with Crippen LogP contribution in [0.15, 0.2) is 23.1 Å². The van der Waals surface area contributed by atoms with E-state index in [1.54, 1.807) is 11.8 Å². The molecule has 21 heavy (non-hydrogen) atoms. The quantitative estimate of drug-likeness (QED) is 0.457. The minimum Gasteiger partial charge on any atom is -0.478 e. The molecular formula is C17H27NO2S. The van der Waals surface area contributed by atoms with Gasteiger partial charge in [0.05, 0.1) is 11.3 Å². The summed E-state index contributed by atoms with van der Waals surface area (Å²) in [7, 11) is 0. The van der Waals surface area contributed by atoms with E-state index in [2.05, 4.69) is 19.2 Å². The molecule has 0 bridgehead atoms. The fourth-order valence-corrected chi connectivity index (χ4v) is 3.19. The molecule has 0 radical (unpaired) electrons. The van der Waals surface area contributed by atoms with Gasteiger partial charge in [-0.1, -0.05) is 45.6 Å². The highest BCUT2D eigenvalue weighted by molar-refractivity contribution is 7.99. The van der Waals surface area contributed by atoms with Crippen molar-refractivity contribution >= 4 is 23.4 Å². The molecule has 0 aliphatic carbocycles. The minimum absolute atomic E-state index is 0.293. The van der Waals surface area contributed by atoms with E-state index in [1.165, 1.54) is 25.7 Å². The third-order valence-electron chi connectivity index (χ3n) is 3.43. The molecular weight excluding hydrogens is 282 g/mol. The molecule has 0 saturated heterocycles. The van der Waals surface area contributed by atoms with Crippen LogP contribution in [0.25, 0.3) is 0 Å². The van der Waals surface area contributed by atoms with E-state index in [4.69, 9.17) is 0 Å². The molecule has 0 saturated carbocycles. The van der Waals surface area contributed by atoms with E-state index in [0.717, 1.165) is 22.8 Å². The summed E-state index contributed by atoms with van der Waals surface area (Å²) >= 11 is 1.58. The Morgan fingerprint density at radius 2 is 2.05 bits per heavy atom. The average molecular weight is 309 g/mol. The predicted molar refractivity (Wildman–Crippen MR) is 91.6 cm³/mol. The summed E-state index contributed by atoms with van der Waals surface area (Å²) in [5.74, 6) is 0.0169. The second kappa shape index (κ2) is 9.72. The Labute approximate surface area is 132 Å². The first-order valence-electron chi connectivity index (χ1n) is 7.85. The van der Waals surface area contributed by atoms with Gasteiger partial charge in [-0.15, -0.1) is 11.8 Å². The highest BCUT2D eigenvalue weighted by Gasteiger charge is 2.16. The summed E-state index contributed by atoms with van der Waals surface area (Å²) in [6.45, 7) is 6.36. The number of carboxylic acids is 1. The van der Waals surface area contributed by atoms with Crippen molar-refractivity contribution in [2.45, 2.75) is 63.8 Å². The van der Waals surface area contributed by atoms with Crippen molar-refractivity contribution in [3.8, 4) is 0 Å². The Morgan fingerprint density at radius 1 is 1.29 bits per heavy atom. The van der Waals surface area contributed by atoms with E-state index in [0.29, 0.717) is 11.6 Å². The third-order valence-corrected chi connectivity index (χ3v) is 4.37. The zero-order valence-corrected chi connectivity index (χ0v) is 14.1. The maximum absolute atomic E-state index is 11.5. The number of unbranched alkanes of at least 4 members (excludes halogenated alkanes) is 3. The van der Waals surface area contributed by atoms with E-state index in [1.807, 2.05) is 25.1 Å². The van der Waals surface area contributed by atoms with Crippen LogP contribution in [0.1, 0.15) is 63.2 Å². The third kappa shape index (κ3) is 6.00. The molecule has 4 heteroatoms. The highest BCUT2D eigenvalue weighted by atomic mass is 32.2. The largest absolute Gasteiger partial charge is 0.478 e. The molecule has 0 fully saturated rings. The number of rotatable bonds is 10. The van der Waals surface area contributed by atoms with Crippen LogP contribution in [0.2, 0.25) is 0 Å². The summed E-state index contributed by atoms with van der Waals surface area (Å²) in [4.78, 5) is 12.4. The number of anilines is 1. The second-order valence-corrected chi connectivity index (χ2v) is 6.62. The molecule has 118 valence electrons. The zero-order chi connectivity index (χ0) is 15.7. The van der Waals surface area contributed by atoms with Gasteiger partial charge in [0.1, 0.15) is 0 Å². The number of carbonyl (C=O) groups is 1. The van der Waals surface area contributed by atoms with Gasteiger partial charge in [-0.2, -0.15) is 0 Å². The Hall–Kier alpha value is -1.16. The lowest BCUT2D eigenvalue weighted by Crippen LogP contribution is -2.17. The fraction of sp³-hybridized carbons (Fsp3) is 0.588. The van der Waals surface area contributed by atoms with Crippen LogP contribution >= 0.6 is 11.8 Å². The second-order valence-electron chi connectivity index (χ2n) is 5.31. The lowest BCUT2D eigenvalue weighted by atomic mass is 10.1. The average Bonchev–Trinajstić information content (AvgIpc) is 2.44. The minimum atomic E-state index is -0.854. The number of hydrogen-bond donors (Lipinski definition) is 2. The molecule has 0 amide bonds. The topological polar surface area (TPSA) is 49.3 Å². The van der Waals surface area contributed by atoms with Crippen LogP contribution < -0.4 is 5.32 Å². The van der Waals surface area contributed by atoms with Crippen LogP contribution in [0.5, 0.6) is 0 Å². The van der Waals surface area contributed by atoms with Crippen LogP contribution in [-0.4, -0.2) is 22.9 Å². The van der Waals surface area contributed by atoms with Crippen LogP contribution in [0.3, 0.4) is 0 Å². The van der Waals surface area contributed by atoms with Crippen molar-refractivity contribution in [2.75, 3.05) is 11.1 Å². The Bertz CT molecular complexity index is 448. The van der Waals surface area contributed by atoms with Crippen LogP contribution in [0, 0.1) is 0 Å². The standard InChI is InChI=1S/C17H27NO2S/c1-4-6-7-8-10-13(3)18-14-11-9-12-15(21-5-2)16(14)17(19)20/h9,11-13,18H,4-8,10H2,1-3H3,(H,19,20). The van der Waals surface area contributed by atoms with Crippen molar-refractivity contribution in [2.24, 2.45) is 0 Å². The molecule has 1 atom stereocenters. The maximum atomic E-state index is 11.5. The number of carboxylic acid groups (broad SMARTS) is 1. The van der Waals surface area contributed by atoms with Crippen LogP contribution in [0.4, 0.5) is 5.69 Å². The number of nitrogens with one attached hydrogen (secondary N) is 1. The molecule has 1 rings (SSSR count). The van der Waals surface area contributed by atoms with E-state index in [9.17, 15) is 9.90 Å². The molecule has 1 aromatic rings. The molecule has 0 spiro atoms. The molecule has 1 aromatic carbocycles. The van der Waals surface area contributed by atoms with Crippen molar-refractivity contribution in [1.29, 1.82) is 0 Å². The number of aromatic carboxylic acids is 1. The van der Waals surface area contributed by atoms with Crippen molar-refractivity contribution in [1.82, 2.24) is 0 Å². The predicted octanol–water partition coefficient (Wildman–Crippen LogP) is 5.27. The number of benzene rings is 1. The summed E-state index contributed by atoms with van der Waals surface area (Å²) in [5.41, 5.74) is 1.15. The smallest absolute Gasteiger partial charge is 0.338 e. The summed E-state index contributed by atoms with van der Waals surface area (Å²) < 4.78 is 0.